The Morgan fingerprint density at radius 3 is 2.92 bits per heavy atom. The molecule has 4 rings (SSSR count). The zero-order valence-electron chi connectivity index (χ0n) is 13.2. The molecular weight excluding hydrogens is 338 g/mol. The number of benzene rings is 1. The number of fused-ring (bicyclic) bond motifs is 1. The molecule has 3 heterocycles. The normalized spacial score (nSPS) is 10.9. The van der Waals surface area contributed by atoms with Crippen molar-refractivity contribution in [2.45, 2.75) is 0 Å². The van der Waals surface area contributed by atoms with Crippen molar-refractivity contribution in [1.82, 2.24) is 19.7 Å². The smallest absolute Gasteiger partial charge is 0.277 e. The van der Waals surface area contributed by atoms with E-state index < -0.39 is 5.91 Å². The molecule has 0 aliphatic rings. The second kappa shape index (κ2) is 5.99. The van der Waals surface area contributed by atoms with Crippen LogP contribution in [-0.4, -0.2) is 25.7 Å². The van der Waals surface area contributed by atoms with Crippen molar-refractivity contribution in [1.29, 1.82) is 0 Å². The number of anilines is 1. The molecule has 1 amide bonds. The molecule has 0 unspecified atom stereocenters. The van der Waals surface area contributed by atoms with E-state index in [1.807, 2.05) is 35.8 Å². The van der Waals surface area contributed by atoms with E-state index in [1.165, 1.54) is 30.5 Å². The molecule has 2 N–H and O–H groups in total. The summed E-state index contributed by atoms with van der Waals surface area (Å²) in [4.78, 5) is 31.3. The van der Waals surface area contributed by atoms with Crippen LogP contribution < -0.4 is 10.9 Å². The van der Waals surface area contributed by atoms with E-state index in [-0.39, 0.29) is 11.3 Å². The zero-order valence-corrected chi connectivity index (χ0v) is 14.0. The molecule has 124 valence electrons. The van der Waals surface area contributed by atoms with E-state index in [0.717, 1.165) is 26.8 Å². The van der Waals surface area contributed by atoms with Gasteiger partial charge in [-0.3, -0.25) is 14.9 Å². The first-order valence-corrected chi connectivity index (χ1v) is 8.37. The van der Waals surface area contributed by atoms with Crippen LogP contribution in [0.4, 0.5) is 5.13 Å². The number of rotatable bonds is 3. The summed E-state index contributed by atoms with van der Waals surface area (Å²) in [5.74, 6) is -0.407. The first kappa shape index (κ1) is 15.3. The maximum Gasteiger partial charge on any atom is 0.277 e. The van der Waals surface area contributed by atoms with Gasteiger partial charge in [0, 0.05) is 41.2 Å². The van der Waals surface area contributed by atoms with Gasteiger partial charge in [-0.25, -0.2) is 9.67 Å². The van der Waals surface area contributed by atoms with E-state index in [2.05, 4.69) is 20.4 Å². The number of hydrogen-bond acceptors (Lipinski definition) is 5. The number of H-pyrrole nitrogens is 1. The molecule has 0 aliphatic carbocycles. The fourth-order valence-electron chi connectivity index (χ4n) is 2.52. The van der Waals surface area contributed by atoms with Crippen LogP contribution in [0.3, 0.4) is 0 Å². The molecule has 0 fully saturated rings. The van der Waals surface area contributed by atoms with Crippen LogP contribution in [0.1, 0.15) is 10.5 Å². The highest BCUT2D eigenvalue weighted by Gasteiger charge is 2.13. The summed E-state index contributed by atoms with van der Waals surface area (Å²) < 4.78 is 1.12. The van der Waals surface area contributed by atoms with Crippen LogP contribution in [0.5, 0.6) is 0 Å². The Kier molecular flexibility index (Phi) is 3.66. The Morgan fingerprint density at radius 2 is 2.08 bits per heavy atom. The average molecular weight is 351 g/mol. The Labute approximate surface area is 146 Å². The average Bonchev–Trinajstić information content (AvgIpc) is 3.23. The standard InChI is InChI=1S/C17H13N5O2S/c1-22-15(23)7-6-13(21-22)16(24)20-17-19-14(9-25-17)11-8-18-12-5-3-2-4-10(11)12/h2-9,18H,1H3,(H,19,20,24). The van der Waals surface area contributed by atoms with Crippen molar-refractivity contribution in [2.75, 3.05) is 5.32 Å². The number of aromatic nitrogens is 4. The quantitative estimate of drug-likeness (QED) is 0.593. The molecule has 0 aliphatic heterocycles. The van der Waals surface area contributed by atoms with Crippen LogP contribution in [-0.2, 0) is 7.05 Å². The van der Waals surface area contributed by atoms with Crippen molar-refractivity contribution in [3.05, 3.63) is 64.0 Å². The number of hydrogen-bond donors (Lipinski definition) is 2. The summed E-state index contributed by atoms with van der Waals surface area (Å²) in [6.45, 7) is 0. The van der Waals surface area contributed by atoms with Gasteiger partial charge in [0.05, 0.1) is 5.69 Å². The Bertz CT molecular complexity index is 1140. The molecule has 0 saturated carbocycles. The second-order valence-electron chi connectivity index (χ2n) is 5.42. The van der Waals surface area contributed by atoms with E-state index >= 15 is 0 Å². The summed E-state index contributed by atoms with van der Waals surface area (Å²) in [5, 5.41) is 10.1. The first-order valence-electron chi connectivity index (χ1n) is 7.49. The summed E-state index contributed by atoms with van der Waals surface area (Å²) in [5.41, 5.74) is 2.68. The molecule has 25 heavy (non-hydrogen) atoms. The van der Waals surface area contributed by atoms with Crippen LogP contribution in [0.25, 0.3) is 22.2 Å². The van der Waals surface area contributed by atoms with Crippen molar-refractivity contribution < 1.29 is 4.79 Å². The lowest BCUT2D eigenvalue weighted by Gasteiger charge is -2.02. The molecule has 0 bridgehead atoms. The number of aromatic amines is 1. The van der Waals surface area contributed by atoms with Gasteiger partial charge in [0.2, 0.25) is 0 Å². The number of para-hydroxylation sites is 1. The van der Waals surface area contributed by atoms with Gasteiger partial charge in [0.1, 0.15) is 5.69 Å². The molecule has 0 atom stereocenters. The summed E-state index contributed by atoms with van der Waals surface area (Å²) in [6, 6.07) is 10.7. The molecule has 8 heteroatoms. The van der Waals surface area contributed by atoms with Crippen molar-refractivity contribution >= 4 is 33.3 Å². The number of aryl methyl sites for hydroxylation is 1. The molecule has 3 aromatic heterocycles. The fraction of sp³-hybridized carbons (Fsp3) is 0.0588. The maximum atomic E-state index is 12.3. The molecule has 0 spiro atoms. The highest BCUT2D eigenvalue weighted by Crippen LogP contribution is 2.30. The topological polar surface area (TPSA) is 92.7 Å². The summed E-state index contributed by atoms with van der Waals surface area (Å²) in [6.07, 6.45) is 1.90. The molecule has 4 aromatic rings. The van der Waals surface area contributed by atoms with Gasteiger partial charge in [-0.1, -0.05) is 18.2 Å². The van der Waals surface area contributed by atoms with E-state index in [9.17, 15) is 9.59 Å². The first-order chi connectivity index (χ1) is 12.1. The number of thiazole rings is 1. The van der Waals surface area contributed by atoms with Gasteiger partial charge in [-0.15, -0.1) is 11.3 Å². The second-order valence-corrected chi connectivity index (χ2v) is 6.28. The van der Waals surface area contributed by atoms with Gasteiger partial charge in [0.25, 0.3) is 11.5 Å². The van der Waals surface area contributed by atoms with Crippen LogP contribution in [0.15, 0.2) is 52.8 Å². The van der Waals surface area contributed by atoms with Crippen LogP contribution >= 0.6 is 11.3 Å². The minimum absolute atomic E-state index is 0.158. The monoisotopic (exact) mass is 351 g/mol. The lowest BCUT2D eigenvalue weighted by atomic mass is 10.1. The van der Waals surface area contributed by atoms with Crippen molar-refractivity contribution in [3.8, 4) is 11.3 Å². The van der Waals surface area contributed by atoms with Gasteiger partial charge in [-0.2, -0.15) is 5.10 Å². The third kappa shape index (κ3) is 2.83. The molecular formula is C17H13N5O2S. The Balaban J connectivity index is 1.60. The third-order valence-corrected chi connectivity index (χ3v) is 4.54. The van der Waals surface area contributed by atoms with Gasteiger partial charge in [0.15, 0.2) is 5.13 Å². The lowest BCUT2D eigenvalue weighted by molar-refractivity contribution is 0.102. The van der Waals surface area contributed by atoms with Gasteiger partial charge in [-0.05, 0) is 12.1 Å². The number of nitrogens with zero attached hydrogens (tertiary/aromatic N) is 3. The highest BCUT2D eigenvalue weighted by atomic mass is 32.1. The SMILES string of the molecule is Cn1nc(C(=O)Nc2nc(-c3c[nH]c4ccccc34)cs2)ccc1=O. The van der Waals surface area contributed by atoms with Crippen LogP contribution in [0, 0.1) is 0 Å². The van der Waals surface area contributed by atoms with E-state index in [4.69, 9.17) is 0 Å². The van der Waals surface area contributed by atoms with E-state index in [1.54, 1.807) is 0 Å². The van der Waals surface area contributed by atoms with E-state index in [0.29, 0.717) is 5.13 Å². The third-order valence-electron chi connectivity index (χ3n) is 3.78. The predicted molar refractivity (Wildman–Crippen MR) is 96.8 cm³/mol. The number of carbonyl (C=O) groups excluding carboxylic acids is 1. The molecule has 7 nitrogen and oxygen atoms in total. The number of amides is 1. The van der Waals surface area contributed by atoms with Crippen molar-refractivity contribution in [3.63, 3.8) is 0 Å². The van der Waals surface area contributed by atoms with Gasteiger partial charge < -0.3 is 4.98 Å². The fourth-order valence-corrected chi connectivity index (χ4v) is 3.23. The molecule has 0 radical (unpaired) electrons. The lowest BCUT2D eigenvalue weighted by Crippen LogP contribution is -2.23. The minimum Gasteiger partial charge on any atom is -0.360 e. The maximum absolute atomic E-state index is 12.3. The highest BCUT2D eigenvalue weighted by molar-refractivity contribution is 7.14. The zero-order chi connectivity index (χ0) is 17.4. The largest absolute Gasteiger partial charge is 0.360 e. The van der Waals surface area contributed by atoms with Crippen LogP contribution in [0.2, 0.25) is 0 Å². The minimum atomic E-state index is -0.407. The Morgan fingerprint density at radius 1 is 1.24 bits per heavy atom. The summed E-state index contributed by atoms with van der Waals surface area (Å²) in [7, 11) is 1.50. The summed E-state index contributed by atoms with van der Waals surface area (Å²) >= 11 is 1.33. The Hall–Kier alpha value is -3.26. The number of nitrogens with one attached hydrogen (secondary N) is 2. The van der Waals surface area contributed by atoms with Crippen molar-refractivity contribution in [2.24, 2.45) is 7.05 Å². The molecule has 0 saturated heterocycles. The molecule has 1 aromatic carbocycles. The number of carbonyl (C=O) groups is 1. The van der Waals surface area contributed by atoms with Gasteiger partial charge >= 0.3 is 0 Å². The predicted octanol–water partition coefficient (Wildman–Crippen LogP) is 2.64.